The van der Waals surface area contributed by atoms with E-state index in [-0.39, 0.29) is 5.91 Å². The Morgan fingerprint density at radius 3 is 2.47 bits per heavy atom. The zero-order valence-corrected chi connectivity index (χ0v) is 22.3. The van der Waals surface area contributed by atoms with E-state index in [0.29, 0.717) is 24.6 Å². The number of nitrogens with one attached hydrogen (secondary N) is 2. The molecular formula is C28H35N3O4S. The summed E-state index contributed by atoms with van der Waals surface area (Å²) >= 11 is 1.36. The highest BCUT2D eigenvalue weighted by Gasteiger charge is 2.32. The molecule has 7 nitrogen and oxygen atoms in total. The van der Waals surface area contributed by atoms with Crippen molar-refractivity contribution in [2.24, 2.45) is 5.41 Å². The molecule has 1 aromatic heterocycles. The van der Waals surface area contributed by atoms with Crippen LogP contribution < -0.4 is 15.4 Å². The van der Waals surface area contributed by atoms with Gasteiger partial charge in [0.2, 0.25) is 11.8 Å². The lowest BCUT2D eigenvalue weighted by molar-refractivity contribution is -0.137. The quantitative estimate of drug-likeness (QED) is 0.343. The number of aryl methyl sites for hydroxylation is 1. The van der Waals surface area contributed by atoms with Crippen LogP contribution in [0.4, 0.5) is 5.13 Å². The molecule has 2 aromatic carbocycles. The van der Waals surface area contributed by atoms with E-state index >= 15 is 0 Å². The molecule has 2 atom stereocenters. The van der Waals surface area contributed by atoms with E-state index < -0.39 is 23.5 Å². The second kappa shape index (κ2) is 12.1. The smallest absolute Gasteiger partial charge is 0.250 e. The van der Waals surface area contributed by atoms with E-state index in [1.54, 1.807) is 27.0 Å². The molecule has 3 aromatic rings. The zero-order chi connectivity index (χ0) is 26.3. The monoisotopic (exact) mass is 509 g/mol. The molecule has 2 amide bonds. The molecule has 0 aliphatic heterocycles. The fourth-order valence-electron chi connectivity index (χ4n) is 3.61. The number of aliphatic hydroxyl groups excluding tert-OH is 1. The van der Waals surface area contributed by atoms with Gasteiger partial charge in [0.05, 0.1) is 4.88 Å². The molecule has 0 bridgehead atoms. The van der Waals surface area contributed by atoms with Gasteiger partial charge in [-0.3, -0.25) is 9.59 Å². The van der Waals surface area contributed by atoms with Crippen LogP contribution in [0, 0.1) is 12.3 Å². The molecule has 0 aliphatic rings. The third-order valence-corrected chi connectivity index (χ3v) is 6.72. The van der Waals surface area contributed by atoms with Crippen molar-refractivity contribution in [2.45, 2.75) is 66.2 Å². The number of thiazole rings is 1. The van der Waals surface area contributed by atoms with Gasteiger partial charge in [0, 0.05) is 6.20 Å². The van der Waals surface area contributed by atoms with Gasteiger partial charge < -0.3 is 20.5 Å². The first-order valence-corrected chi connectivity index (χ1v) is 12.9. The number of benzene rings is 2. The maximum Gasteiger partial charge on any atom is 0.250 e. The van der Waals surface area contributed by atoms with Crippen LogP contribution in [-0.4, -0.2) is 34.1 Å². The molecule has 0 fully saturated rings. The van der Waals surface area contributed by atoms with Crippen LogP contribution in [0.2, 0.25) is 0 Å². The minimum Gasteiger partial charge on any atom is -0.489 e. The highest BCUT2D eigenvalue weighted by molar-refractivity contribution is 7.19. The van der Waals surface area contributed by atoms with Crippen LogP contribution in [0.1, 0.15) is 51.7 Å². The van der Waals surface area contributed by atoms with Gasteiger partial charge in [0.1, 0.15) is 24.5 Å². The summed E-state index contributed by atoms with van der Waals surface area (Å²) < 4.78 is 6.05. The lowest BCUT2D eigenvalue weighted by Crippen LogP contribution is -2.50. The number of rotatable bonds is 10. The minimum absolute atomic E-state index is 0.358. The van der Waals surface area contributed by atoms with Crippen molar-refractivity contribution in [1.29, 1.82) is 0 Å². The topological polar surface area (TPSA) is 101 Å². The van der Waals surface area contributed by atoms with Gasteiger partial charge in [-0.2, -0.15) is 0 Å². The molecule has 0 unspecified atom stereocenters. The Balaban J connectivity index is 1.70. The number of anilines is 1. The first kappa shape index (κ1) is 27.4. The van der Waals surface area contributed by atoms with Gasteiger partial charge in [-0.15, -0.1) is 0 Å². The molecule has 0 saturated carbocycles. The molecule has 36 heavy (non-hydrogen) atoms. The van der Waals surface area contributed by atoms with E-state index in [0.717, 1.165) is 27.3 Å². The standard InChI is InChI=1S/C28H35N3O4S/c1-6-11-21(30-26(34)24(32)28(3,4)5)25(33)31-27-29-16-23(36-27)20-14-9-8-13-19(20)17-35-22-15-10-7-12-18(22)2/h7-10,12-16,21,24,32H,6,11,17H2,1-5H3,(H,30,34)(H,29,31,33)/t21-,24+/m0/s1. The summed E-state index contributed by atoms with van der Waals surface area (Å²) in [6.45, 7) is 9.66. The third-order valence-electron chi connectivity index (χ3n) is 5.77. The number of carbonyl (C=O) groups is 2. The summed E-state index contributed by atoms with van der Waals surface area (Å²) in [6, 6.07) is 15.1. The SMILES string of the molecule is CCC[C@H](NC(=O)[C@@H](O)C(C)(C)C)C(=O)Nc1ncc(-c2ccccc2COc2ccccc2C)s1. The Kier molecular flexibility index (Phi) is 9.23. The van der Waals surface area contributed by atoms with E-state index in [2.05, 4.69) is 15.6 Å². The maximum atomic E-state index is 13.0. The second-order valence-electron chi connectivity index (χ2n) is 9.85. The van der Waals surface area contributed by atoms with Crippen molar-refractivity contribution in [3.63, 3.8) is 0 Å². The summed E-state index contributed by atoms with van der Waals surface area (Å²) in [5.74, 6) is -0.0768. The molecule has 3 N–H and O–H groups in total. The molecule has 1 heterocycles. The number of aromatic nitrogens is 1. The highest BCUT2D eigenvalue weighted by atomic mass is 32.1. The number of amides is 2. The van der Waals surface area contributed by atoms with Crippen LogP contribution in [0.25, 0.3) is 10.4 Å². The first-order valence-electron chi connectivity index (χ1n) is 12.1. The number of carbonyl (C=O) groups excluding carboxylic acids is 2. The van der Waals surface area contributed by atoms with Crippen molar-refractivity contribution in [2.75, 3.05) is 5.32 Å². The Labute approximate surface area is 216 Å². The maximum absolute atomic E-state index is 13.0. The van der Waals surface area contributed by atoms with Crippen molar-refractivity contribution in [3.05, 3.63) is 65.9 Å². The summed E-state index contributed by atoms with van der Waals surface area (Å²) in [5.41, 5.74) is 2.43. The highest BCUT2D eigenvalue weighted by Crippen LogP contribution is 2.32. The number of hydrogen-bond acceptors (Lipinski definition) is 6. The fourth-order valence-corrected chi connectivity index (χ4v) is 4.49. The van der Waals surface area contributed by atoms with Gasteiger partial charge in [-0.1, -0.05) is 87.9 Å². The second-order valence-corrected chi connectivity index (χ2v) is 10.9. The van der Waals surface area contributed by atoms with Crippen molar-refractivity contribution >= 4 is 28.3 Å². The molecule has 0 spiro atoms. The summed E-state index contributed by atoms with van der Waals surface area (Å²) in [4.78, 5) is 30.7. The number of nitrogens with zero attached hydrogens (tertiary/aromatic N) is 1. The Bertz CT molecular complexity index is 1190. The van der Waals surface area contributed by atoms with Crippen molar-refractivity contribution in [1.82, 2.24) is 10.3 Å². The molecular weight excluding hydrogens is 474 g/mol. The lowest BCUT2D eigenvalue weighted by atomic mass is 9.88. The average Bonchev–Trinajstić information content (AvgIpc) is 3.30. The zero-order valence-electron chi connectivity index (χ0n) is 21.5. The minimum atomic E-state index is -1.21. The molecule has 8 heteroatoms. The van der Waals surface area contributed by atoms with E-state index in [4.69, 9.17) is 4.74 Å². The van der Waals surface area contributed by atoms with Crippen LogP contribution in [0.5, 0.6) is 5.75 Å². The third kappa shape index (κ3) is 7.15. The van der Waals surface area contributed by atoms with Gasteiger partial charge in [-0.25, -0.2) is 4.98 Å². The molecule has 0 saturated heterocycles. The summed E-state index contributed by atoms with van der Waals surface area (Å²) in [5, 5.41) is 16.2. The Morgan fingerprint density at radius 1 is 1.08 bits per heavy atom. The molecule has 192 valence electrons. The number of aliphatic hydroxyl groups is 1. The summed E-state index contributed by atoms with van der Waals surface area (Å²) in [7, 11) is 0. The van der Waals surface area contributed by atoms with Gasteiger partial charge in [-0.05, 0) is 41.5 Å². The molecule has 3 rings (SSSR count). The van der Waals surface area contributed by atoms with Crippen LogP contribution in [0.3, 0.4) is 0 Å². The van der Waals surface area contributed by atoms with Gasteiger partial charge in [0.25, 0.3) is 0 Å². The van der Waals surface area contributed by atoms with Gasteiger partial charge >= 0.3 is 0 Å². The van der Waals surface area contributed by atoms with Crippen molar-refractivity contribution in [3.8, 4) is 16.2 Å². The van der Waals surface area contributed by atoms with Crippen LogP contribution in [-0.2, 0) is 16.2 Å². The predicted molar refractivity (Wildman–Crippen MR) is 144 cm³/mol. The largest absolute Gasteiger partial charge is 0.489 e. The Hall–Kier alpha value is -3.23. The molecule has 0 aliphatic carbocycles. The van der Waals surface area contributed by atoms with E-state index in [9.17, 15) is 14.7 Å². The summed E-state index contributed by atoms with van der Waals surface area (Å²) in [6.07, 6.45) is 1.66. The van der Waals surface area contributed by atoms with E-state index in [1.165, 1.54) is 11.3 Å². The van der Waals surface area contributed by atoms with Crippen LogP contribution >= 0.6 is 11.3 Å². The van der Waals surface area contributed by atoms with Crippen molar-refractivity contribution < 1.29 is 19.4 Å². The number of ether oxygens (including phenoxy) is 1. The molecule has 0 radical (unpaired) electrons. The average molecular weight is 510 g/mol. The van der Waals surface area contributed by atoms with E-state index in [1.807, 2.05) is 62.4 Å². The Morgan fingerprint density at radius 2 is 1.78 bits per heavy atom. The number of hydrogen-bond donors (Lipinski definition) is 3. The first-order chi connectivity index (χ1) is 17.1. The predicted octanol–water partition coefficient (Wildman–Crippen LogP) is 5.33. The van der Waals surface area contributed by atoms with Gasteiger partial charge in [0.15, 0.2) is 5.13 Å². The number of para-hydroxylation sites is 1. The fraction of sp³-hybridized carbons (Fsp3) is 0.393. The lowest BCUT2D eigenvalue weighted by Gasteiger charge is -2.26. The van der Waals surface area contributed by atoms with Crippen LogP contribution in [0.15, 0.2) is 54.7 Å². The normalized spacial score (nSPS) is 13.1.